The Hall–Kier alpha value is -2.89. The Bertz CT molecular complexity index is 895. The molecule has 0 spiro atoms. The molecule has 1 aromatic rings. The van der Waals surface area contributed by atoms with Crippen LogP contribution in [-0.2, 0) is 11.3 Å². The number of methoxy groups -OCH3 is 1. The molecule has 6 nitrogen and oxygen atoms in total. The van der Waals surface area contributed by atoms with E-state index >= 15 is 0 Å². The second kappa shape index (κ2) is 6.20. The number of allylic oxidation sites excluding steroid dienone is 6. The van der Waals surface area contributed by atoms with Gasteiger partial charge in [0.15, 0.2) is 5.82 Å². The van der Waals surface area contributed by atoms with Gasteiger partial charge in [-0.05, 0) is 18.6 Å². The summed E-state index contributed by atoms with van der Waals surface area (Å²) in [5.74, 6) is 1.73. The minimum Gasteiger partial charge on any atom is -0.498 e. The highest BCUT2D eigenvalue weighted by molar-refractivity contribution is 5.89. The Morgan fingerprint density at radius 1 is 1.24 bits per heavy atom. The lowest BCUT2D eigenvalue weighted by atomic mass is 10.0. The number of aliphatic imine (C=N–C) groups is 2. The number of likely N-dealkylation sites (N-methyl/N-ethyl adjacent to an activating group) is 1. The molecule has 1 aromatic heterocycles. The number of fused-ring (bicyclic) bond motifs is 1. The summed E-state index contributed by atoms with van der Waals surface area (Å²) < 4.78 is 7.58. The molecule has 0 radical (unpaired) electrons. The van der Waals surface area contributed by atoms with E-state index in [4.69, 9.17) is 4.74 Å². The first-order valence-corrected chi connectivity index (χ1v) is 8.36. The first kappa shape index (κ1) is 15.6. The number of hydrogen-bond donors (Lipinski definition) is 0. The molecule has 0 N–H and O–H groups in total. The van der Waals surface area contributed by atoms with Gasteiger partial charge in [0.25, 0.3) is 0 Å². The van der Waals surface area contributed by atoms with Crippen molar-refractivity contribution >= 4 is 18.2 Å². The predicted molar refractivity (Wildman–Crippen MR) is 99.1 cm³/mol. The number of ether oxygens (including phenoxy) is 1. The predicted octanol–water partition coefficient (Wildman–Crippen LogP) is 2.92. The van der Waals surface area contributed by atoms with Gasteiger partial charge in [0.2, 0.25) is 0 Å². The van der Waals surface area contributed by atoms with Crippen molar-refractivity contribution in [3.05, 3.63) is 58.3 Å². The van der Waals surface area contributed by atoms with Crippen LogP contribution in [0.3, 0.4) is 0 Å². The van der Waals surface area contributed by atoms with Gasteiger partial charge >= 0.3 is 0 Å². The summed E-state index contributed by atoms with van der Waals surface area (Å²) >= 11 is 0. The molecule has 0 fully saturated rings. The van der Waals surface area contributed by atoms with Crippen LogP contribution in [0, 0.1) is 6.92 Å². The van der Waals surface area contributed by atoms with Gasteiger partial charge in [-0.3, -0.25) is 4.99 Å². The van der Waals surface area contributed by atoms with Crippen molar-refractivity contribution < 1.29 is 4.74 Å². The molecule has 2 aliphatic heterocycles. The lowest BCUT2D eigenvalue weighted by molar-refractivity contribution is 0.265. The van der Waals surface area contributed by atoms with Crippen molar-refractivity contribution in [2.45, 2.75) is 19.9 Å². The van der Waals surface area contributed by atoms with E-state index in [1.807, 2.05) is 30.2 Å². The zero-order valence-electron chi connectivity index (χ0n) is 14.7. The maximum atomic E-state index is 5.70. The Morgan fingerprint density at radius 3 is 2.96 bits per heavy atom. The Kier molecular flexibility index (Phi) is 3.87. The van der Waals surface area contributed by atoms with Crippen molar-refractivity contribution in [3.63, 3.8) is 0 Å². The van der Waals surface area contributed by atoms with Gasteiger partial charge in [0, 0.05) is 37.0 Å². The van der Waals surface area contributed by atoms with Gasteiger partial charge in [0.05, 0.1) is 31.2 Å². The largest absolute Gasteiger partial charge is 0.498 e. The van der Waals surface area contributed by atoms with Crippen molar-refractivity contribution in [2.24, 2.45) is 9.98 Å². The molecule has 128 valence electrons. The number of hydrogen-bond acceptors (Lipinski definition) is 5. The molecule has 1 aliphatic carbocycles. The van der Waals surface area contributed by atoms with Crippen molar-refractivity contribution in [3.8, 4) is 0 Å². The molecule has 6 heteroatoms. The van der Waals surface area contributed by atoms with Crippen molar-refractivity contribution in [1.29, 1.82) is 0 Å². The number of aryl methyl sites for hydroxylation is 1. The summed E-state index contributed by atoms with van der Waals surface area (Å²) in [6.45, 7) is 3.41. The fourth-order valence-electron chi connectivity index (χ4n) is 3.25. The normalized spacial score (nSPS) is 19.5. The standard InChI is InChI=1S/C19H21N5O/c1-13-10-22-24-12-18(25-3)15(11-21-19(13)24)14-5-4-6-16-17(9-14)23(2)8-7-20-16/h4-5,7,9-11H,6,8,12H2,1-3H3. The highest BCUT2D eigenvalue weighted by Crippen LogP contribution is 2.30. The third-order valence-electron chi connectivity index (χ3n) is 4.67. The topological polar surface area (TPSA) is 55.0 Å². The maximum absolute atomic E-state index is 5.70. The van der Waals surface area contributed by atoms with Crippen LogP contribution in [0.5, 0.6) is 0 Å². The first-order valence-electron chi connectivity index (χ1n) is 8.36. The summed E-state index contributed by atoms with van der Waals surface area (Å²) in [6.07, 6.45) is 13.0. The first-order chi connectivity index (χ1) is 12.2. The summed E-state index contributed by atoms with van der Waals surface area (Å²) in [5, 5.41) is 4.40. The zero-order valence-corrected chi connectivity index (χ0v) is 14.7. The summed E-state index contributed by atoms with van der Waals surface area (Å²) in [7, 11) is 3.79. The Morgan fingerprint density at radius 2 is 2.12 bits per heavy atom. The summed E-state index contributed by atoms with van der Waals surface area (Å²) in [5.41, 5.74) is 5.37. The molecule has 4 rings (SSSR count). The van der Waals surface area contributed by atoms with Gasteiger partial charge in [-0.15, -0.1) is 0 Å². The molecule has 0 atom stereocenters. The molecule has 3 aliphatic rings. The van der Waals surface area contributed by atoms with Crippen LogP contribution in [-0.4, -0.2) is 47.8 Å². The van der Waals surface area contributed by atoms with Crippen LogP contribution in [0.2, 0.25) is 0 Å². The molecule has 0 unspecified atom stereocenters. The van der Waals surface area contributed by atoms with Crippen LogP contribution in [0.15, 0.2) is 62.7 Å². The quantitative estimate of drug-likeness (QED) is 0.835. The molecule has 0 amide bonds. The van der Waals surface area contributed by atoms with Gasteiger partial charge in [0.1, 0.15) is 12.3 Å². The lowest BCUT2D eigenvalue weighted by Gasteiger charge is -2.24. The van der Waals surface area contributed by atoms with Crippen molar-refractivity contribution in [1.82, 2.24) is 14.7 Å². The third-order valence-corrected chi connectivity index (χ3v) is 4.67. The van der Waals surface area contributed by atoms with E-state index in [-0.39, 0.29) is 0 Å². The zero-order chi connectivity index (χ0) is 17.4. The molecule has 3 heterocycles. The highest BCUT2D eigenvalue weighted by Gasteiger charge is 2.20. The van der Waals surface area contributed by atoms with Gasteiger partial charge in [-0.2, -0.15) is 5.10 Å². The van der Waals surface area contributed by atoms with Crippen LogP contribution in [0.4, 0.5) is 5.82 Å². The molecule has 25 heavy (non-hydrogen) atoms. The smallest absolute Gasteiger partial charge is 0.153 e. The number of rotatable bonds is 2. The number of nitrogens with zero attached hydrogens (tertiary/aromatic N) is 5. The molecular weight excluding hydrogens is 314 g/mol. The Balaban J connectivity index is 1.81. The van der Waals surface area contributed by atoms with E-state index in [9.17, 15) is 0 Å². The van der Waals surface area contributed by atoms with E-state index in [1.54, 1.807) is 7.11 Å². The van der Waals surface area contributed by atoms with Gasteiger partial charge < -0.3 is 9.64 Å². The van der Waals surface area contributed by atoms with E-state index in [1.165, 1.54) is 0 Å². The highest BCUT2D eigenvalue weighted by atomic mass is 16.5. The van der Waals surface area contributed by atoms with E-state index < -0.39 is 0 Å². The monoisotopic (exact) mass is 335 g/mol. The lowest BCUT2D eigenvalue weighted by Crippen LogP contribution is -2.23. The second-order valence-corrected chi connectivity index (χ2v) is 6.34. The molecule has 0 bridgehead atoms. The molecule has 0 aromatic carbocycles. The van der Waals surface area contributed by atoms with Crippen LogP contribution >= 0.6 is 0 Å². The summed E-state index contributed by atoms with van der Waals surface area (Å²) in [4.78, 5) is 11.4. The third kappa shape index (κ3) is 2.73. The van der Waals surface area contributed by atoms with Gasteiger partial charge in [-0.1, -0.05) is 12.2 Å². The SMILES string of the molecule is COC1=C(C2=CC3=C(CC=C2)N=CCN3C)C=Nc2c(C)cnn2C1. The van der Waals surface area contributed by atoms with Gasteiger partial charge in [-0.25, -0.2) is 9.67 Å². The molecule has 0 saturated heterocycles. The van der Waals surface area contributed by atoms with E-state index in [2.05, 4.69) is 45.3 Å². The minimum absolute atomic E-state index is 0.570. The average molecular weight is 335 g/mol. The Labute approximate surface area is 147 Å². The van der Waals surface area contributed by atoms with Crippen LogP contribution < -0.4 is 0 Å². The average Bonchev–Trinajstić information content (AvgIpc) is 2.80. The van der Waals surface area contributed by atoms with E-state index in [0.29, 0.717) is 6.54 Å². The van der Waals surface area contributed by atoms with Crippen LogP contribution in [0.1, 0.15) is 12.0 Å². The van der Waals surface area contributed by atoms with Crippen LogP contribution in [0.25, 0.3) is 0 Å². The fraction of sp³-hybridized carbons (Fsp3) is 0.316. The summed E-state index contributed by atoms with van der Waals surface area (Å²) in [6, 6.07) is 0. The van der Waals surface area contributed by atoms with E-state index in [0.717, 1.165) is 52.6 Å². The number of aromatic nitrogens is 2. The minimum atomic E-state index is 0.570. The second-order valence-electron chi connectivity index (χ2n) is 6.34. The fourth-order valence-corrected chi connectivity index (χ4v) is 3.25. The molecular formula is C19H21N5O. The van der Waals surface area contributed by atoms with Crippen molar-refractivity contribution in [2.75, 3.05) is 20.7 Å². The maximum Gasteiger partial charge on any atom is 0.153 e. The molecule has 0 saturated carbocycles.